The molecule has 0 bridgehead atoms. The van der Waals surface area contributed by atoms with Crippen molar-refractivity contribution in [3.05, 3.63) is 29.3 Å². The molecule has 0 heterocycles. The molecule has 19 heavy (non-hydrogen) atoms. The van der Waals surface area contributed by atoms with Crippen molar-refractivity contribution in [2.24, 2.45) is 0 Å². The van der Waals surface area contributed by atoms with Crippen LogP contribution in [-0.4, -0.2) is 30.8 Å². The highest BCUT2D eigenvalue weighted by Gasteiger charge is 2.10. The van der Waals surface area contributed by atoms with Crippen molar-refractivity contribution < 1.29 is 24.2 Å². The molecule has 0 aliphatic rings. The fourth-order valence-electron chi connectivity index (χ4n) is 1.38. The van der Waals surface area contributed by atoms with Crippen molar-refractivity contribution in [1.29, 1.82) is 0 Å². The number of carbonyl (C=O) groups excluding carboxylic acids is 1. The minimum Gasteiger partial charge on any atom is -0.496 e. The van der Waals surface area contributed by atoms with Gasteiger partial charge in [-0.05, 0) is 25.1 Å². The molecular formula is C14H14O5. The Bertz CT molecular complexity index is 537. The minimum absolute atomic E-state index is 0.0255. The molecule has 0 saturated carbocycles. The summed E-state index contributed by atoms with van der Waals surface area (Å²) in [7, 11) is 1.40. The summed E-state index contributed by atoms with van der Waals surface area (Å²) in [5.74, 6) is 4.12. The Balaban J connectivity index is 2.86. The van der Waals surface area contributed by atoms with E-state index in [0.717, 1.165) is 0 Å². The molecule has 0 unspecified atom stereocenters. The van der Waals surface area contributed by atoms with Gasteiger partial charge >= 0.3 is 11.9 Å². The number of aromatic carboxylic acids is 1. The summed E-state index contributed by atoms with van der Waals surface area (Å²) < 4.78 is 9.66. The number of methoxy groups -OCH3 is 1. The predicted octanol–water partition coefficient (Wildman–Crippen LogP) is 1.70. The van der Waals surface area contributed by atoms with Crippen LogP contribution in [0.1, 0.15) is 29.3 Å². The summed E-state index contributed by atoms with van der Waals surface area (Å²) in [6.45, 7) is 2.03. The van der Waals surface area contributed by atoms with E-state index in [4.69, 9.17) is 14.6 Å². The second kappa shape index (κ2) is 7.07. The smallest absolute Gasteiger partial charge is 0.339 e. The van der Waals surface area contributed by atoms with Gasteiger partial charge < -0.3 is 14.6 Å². The lowest BCUT2D eigenvalue weighted by atomic mass is 10.1. The number of carbonyl (C=O) groups is 2. The summed E-state index contributed by atoms with van der Waals surface area (Å²) in [5.41, 5.74) is 0.535. The third-order valence-corrected chi connectivity index (χ3v) is 2.20. The molecule has 0 aliphatic carbocycles. The second-order valence-corrected chi connectivity index (χ2v) is 3.50. The van der Waals surface area contributed by atoms with E-state index in [2.05, 4.69) is 11.8 Å². The Kier molecular flexibility index (Phi) is 5.42. The number of ether oxygens (including phenoxy) is 2. The van der Waals surface area contributed by atoms with Crippen molar-refractivity contribution in [2.45, 2.75) is 13.3 Å². The number of hydrogen-bond acceptors (Lipinski definition) is 4. The predicted molar refractivity (Wildman–Crippen MR) is 68.1 cm³/mol. The minimum atomic E-state index is -1.09. The van der Waals surface area contributed by atoms with Gasteiger partial charge in [0.15, 0.2) is 0 Å². The van der Waals surface area contributed by atoms with Crippen LogP contribution >= 0.6 is 0 Å². The molecule has 5 nitrogen and oxygen atoms in total. The highest BCUT2D eigenvalue weighted by Crippen LogP contribution is 2.19. The highest BCUT2D eigenvalue weighted by atomic mass is 16.5. The first-order chi connectivity index (χ1) is 9.08. The van der Waals surface area contributed by atoms with E-state index in [1.54, 1.807) is 13.0 Å². The van der Waals surface area contributed by atoms with Crippen LogP contribution in [-0.2, 0) is 9.53 Å². The van der Waals surface area contributed by atoms with Gasteiger partial charge in [-0.25, -0.2) is 4.79 Å². The normalized spacial score (nSPS) is 9.16. The number of carboxylic acid groups (broad SMARTS) is 1. The van der Waals surface area contributed by atoms with Gasteiger partial charge in [-0.1, -0.05) is 11.8 Å². The number of benzene rings is 1. The summed E-state index contributed by atoms with van der Waals surface area (Å²) in [6, 6.07) is 4.56. The quantitative estimate of drug-likeness (QED) is 0.660. The molecular weight excluding hydrogens is 248 g/mol. The van der Waals surface area contributed by atoms with Gasteiger partial charge in [0.2, 0.25) is 0 Å². The maximum atomic E-state index is 11.1. The van der Waals surface area contributed by atoms with Crippen molar-refractivity contribution in [3.8, 4) is 17.6 Å². The molecule has 0 spiro atoms. The maximum Gasteiger partial charge on any atom is 0.339 e. The molecule has 1 aromatic carbocycles. The Morgan fingerprint density at radius 1 is 1.37 bits per heavy atom. The summed E-state index contributed by atoms with van der Waals surface area (Å²) in [6.07, 6.45) is -0.0255. The standard InChI is InChI=1S/C14H14O5/c1-3-19-13(15)6-4-5-10-7-8-12(18-2)11(9-10)14(16)17/h7-9H,3,6H2,1-2H3,(H,16,17). The molecule has 1 N–H and O–H groups in total. The SMILES string of the molecule is CCOC(=O)CC#Cc1ccc(OC)c(C(=O)O)c1. The van der Waals surface area contributed by atoms with E-state index < -0.39 is 11.9 Å². The Morgan fingerprint density at radius 3 is 2.68 bits per heavy atom. The third kappa shape index (κ3) is 4.36. The highest BCUT2D eigenvalue weighted by molar-refractivity contribution is 5.91. The van der Waals surface area contributed by atoms with E-state index in [9.17, 15) is 9.59 Å². The molecule has 0 aliphatic heterocycles. The van der Waals surface area contributed by atoms with Crippen LogP contribution in [0.5, 0.6) is 5.75 Å². The number of hydrogen-bond donors (Lipinski definition) is 1. The molecule has 1 rings (SSSR count). The van der Waals surface area contributed by atoms with Gasteiger partial charge in [0, 0.05) is 5.56 Å². The van der Waals surface area contributed by atoms with Crippen LogP contribution in [0.3, 0.4) is 0 Å². The van der Waals surface area contributed by atoms with Crippen LogP contribution in [0.2, 0.25) is 0 Å². The Labute approximate surface area is 111 Å². The van der Waals surface area contributed by atoms with Gasteiger partial charge in [-0.3, -0.25) is 4.79 Å². The molecule has 100 valence electrons. The first kappa shape index (κ1) is 14.6. The molecule has 0 aromatic heterocycles. The van der Waals surface area contributed by atoms with Gasteiger partial charge in [-0.2, -0.15) is 0 Å². The van der Waals surface area contributed by atoms with Crippen LogP contribution in [0.15, 0.2) is 18.2 Å². The zero-order valence-corrected chi connectivity index (χ0v) is 10.7. The molecule has 0 atom stereocenters. The molecule has 0 fully saturated rings. The van der Waals surface area contributed by atoms with Crippen molar-refractivity contribution in [2.75, 3.05) is 13.7 Å². The molecule has 0 radical (unpaired) electrons. The summed E-state index contributed by atoms with van der Waals surface area (Å²) in [5, 5.41) is 9.00. The van der Waals surface area contributed by atoms with E-state index in [1.165, 1.54) is 19.2 Å². The second-order valence-electron chi connectivity index (χ2n) is 3.50. The van der Waals surface area contributed by atoms with E-state index in [1.807, 2.05) is 0 Å². The lowest BCUT2D eigenvalue weighted by Gasteiger charge is -2.04. The zero-order valence-electron chi connectivity index (χ0n) is 10.7. The fourth-order valence-corrected chi connectivity index (χ4v) is 1.38. The van der Waals surface area contributed by atoms with Gasteiger partial charge in [0.05, 0.1) is 13.7 Å². The number of esters is 1. The molecule has 0 amide bonds. The average Bonchev–Trinajstić information content (AvgIpc) is 2.38. The lowest BCUT2D eigenvalue weighted by Crippen LogP contribution is -2.02. The molecule has 1 aromatic rings. The first-order valence-corrected chi connectivity index (χ1v) is 5.64. The average molecular weight is 262 g/mol. The topological polar surface area (TPSA) is 72.8 Å². The monoisotopic (exact) mass is 262 g/mol. The molecule has 0 saturated heterocycles. The zero-order chi connectivity index (χ0) is 14.3. The van der Waals surface area contributed by atoms with Gasteiger partial charge in [0.1, 0.15) is 17.7 Å². The number of carboxylic acids is 1. The van der Waals surface area contributed by atoms with Crippen LogP contribution in [0.4, 0.5) is 0 Å². The van der Waals surface area contributed by atoms with E-state index >= 15 is 0 Å². The van der Waals surface area contributed by atoms with Crippen molar-refractivity contribution in [3.63, 3.8) is 0 Å². The maximum absolute atomic E-state index is 11.1. The summed E-state index contributed by atoms with van der Waals surface area (Å²) >= 11 is 0. The van der Waals surface area contributed by atoms with E-state index in [0.29, 0.717) is 12.2 Å². The third-order valence-electron chi connectivity index (χ3n) is 2.20. The van der Waals surface area contributed by atoms with Crippen LogP contribution in [0, 0.1) is 11.8 Å². The van der Waals surface area contributed by atoms with Crippen LogP contribution in [0.25, 0.3) is 0 Å². The van der Waals surface area contributed by atoms with Crippen LogP contribution < -0.4 is 4.74 Å². The van der Waals surface area contributed by atoms with Crippen molar-refractivity contribution in [1.82, 2.24) is 0 Å². The van der Waals surface area contributed by atoms with E-state index in [-0.39, 0.29) is 17.7 Å². The number of rotatable bonds is 4. The Morgan fingerprint density at radius 2 is 2.11 bits per heavy atom. The lowest BCUT2D eigenvalue weighted by molar-refractivity contribution is -0.141. The van der Waals surface area contributed by atoms with Gasteiger partial charge in [0.25, 0.3) is 0 Å². The summed E-state index contributed by atoms with van der Waals surface area (Å²) in [4.78, 5) is 22.1. The Hall–Kier alpha value is -2.48. The van der Waals surface area contributed by atoms with Gasteiger partial charge in [-0.15, -0.1) is 0 Å². The van der Waals surface area contributed by atoms with Crippen molar-refractivity contribution >= 4 is 11.9 Å². The fraction of sp³-hybridized carbons (Fsp3) is 0.286. The first-order valence-electron chi connectivity index (χ1n) is 5.64. The largest absolute Gasteiger partial charge is 0.496 e. The molecule has 5 heteroatoms.